The van der Waals surface area contributed by atoms with Crippen LogP contribution >= 0.6 is 0 Å². The van der Waals surface area contributed by atoms with Crippen LogP contribution in [-0.4, -0.2) is 6.04 Å². The van der Waals surface area contributed by atoms with E-state index in [0.29, 0.717) is 11.5 Å². The van der Waals surface area contributed by atoms with Gasteiger partial charge in [0.1, 0.15) is 11.5 Å². The molecule has 0 amide bonds. The number of fused-ring (bicyclic) bond motifs is 1. The van der Waals surface area contributed by atoms with Gasteiger partial charge >= 0.3 is 6.04 Å². The normalized spacial score (nSPS) is 10.4. The molecule has 0 saturated heterocycles. The summed E-state index contributed by atoms with van der Waals surface area (Å²) in [6.45, 7) is 0. The van der Waals surface area contributed by atoms with Crippen LogP contribution in [0.4, 0.5) is 4.39 Å². The molecule has 3 aromatic rings. The first-order chi connectivity index (χ1) is 9.72. The molecule has 0 aliphatic carbocycles. The molecule has 3 aromatic carbocycles. The van der Waals surface area contributed by atoms with Crippen molar-refractivity contribution in [2.24, 2.45) is 0 Å². The zero-order valence-corrected chi connectivity index (χ0v) is 10.5. The predicted octanol–water partition coefficient (Wildman–Crippen LogP) is 4.74. The molecule has 2 nitrogen and oxygen atoms in total. The Labute approximate surface area is 115 Å². The average Bonchev–Trinajstić information content (AvgIpc) is 2.47. The third kappa shape index (κ3) is 2.52. The molecule has 0 aliphatic rings. The van der Waals surface area contributed by atoms with Crippen molar-refractivity contribution in [3.05, 3.63) is 72.3 Å². The molecule has 0 bridgehead atoms. The van der Waals surface area contributed by atoms with Crippen molar-refractivity contribution in [2.45, 2.75) is 0 Å². The van der Waals surface area contributed by atoms with Gasteiger partial charge in [-0.25, -0.2) is 0 Å². The molecule has 0 fully saturated rings. The molecule has 0 unspecified atom stereocenters. The van der Waals surface area contributed by atoms with Crippen LogP contribution in [0.25, 0.3) is 10.8 Å². The third-order valence-corrected chi connectivity index (χ3v) is 3.02. The Bertz CT molecular complexity index is 781. The number of hydrogen-bond donors (Lipinski definition) is 0. The fourth-order valence-corrected chi connectivity index (χ4v) is 2.05. The van der Waals surface area contributed by atoms with Gasteiger partial charge in [-0.1, -0.05) is 36.4 Å². The van der Waals surface area contributed by atoms with Crippen LogP contribution in [0.5, 0.6) is 11.5 Å². The lowest BCUT2D eigenvalue weighted by molar-refractivity contribution is 0.0835. The number of benzene rings is 3. The van der Waals surface area contributed by atoms with Gasteiger partial charge in [0.2, 0.25) is 0 Å². The Morgan fingerprint density at radius 2 is 1.55 bits per heavy atom. The highest BCUT2D eigenvalue weighted by Crippen LogP contribution is 2.26. The molecule has 0 radical (unpaired) electrons. The van der Waals surface area contributed by atoms with Gasteiger partial charge in [0.25, 0.3) is 0 Å². The summed E-state index contributed by atoms with van der Waals surface area (Å²) in [5.41, 5.74) is -0.0108. The summed E-state index contributed by atoms with van der Waals surface area (Å²) >= 11 is 0. The van der Waals surface area contributed by atoms with Gasteiger partial charge in [0.15, 0.2) is 0 Å². The minimum absolute atomic E-state index is 0.0108. The molecular formula is C17H11FO2. The first-order valence-corrected chi connectivity index (χ1v) is 6.19. The maximum atomic E-state index is 12.7. The van der Waals surface area contributed by atoms with Gasteiger partial charge in [-0.3, -0.25) is 4.79 Å². The summed E-state index contributed by atoms with van der Waals surface area (Å²) in [6.07, 6.45) is 0. The Morgan fingerprint density at radius 1 is 0.800 bits per heavy atom. The van der Waals surface area contributed by atoms with Gasteiger partial charge in [-0.15, -0.1) is 0 Å². The molecular weight excluding hydrogens is 255 g/mol. The Morgan fingerprint density at radius 3 is 2.35 bits per heavy atom. The molecule has 0 spiro atoms. The summed E-state index contributed by atoms with van der Waals surface area (Å²) in [5.74, 6) is 1.08. The highest BCUT2D eigenvalue weighted by atomic mass is 19.1. The van der Waals surface area contributed by atoms with Gasteiger partial charge < -0.3 is 4.74 Å². The largest absolute Gasteiger partial charge is 0.457 e. The fraction of sp³-hybridized carbons (Fsp3) is 0. The van der Waals surface area contributed by atoms with E-state index in [4.69, 9.17) is 4.74 Å². The van der Waals surface area contributed by atoms with Crippen LogP contribution in [0.15, 0.2) is 66.7 Å². The summed E-state index contributed by atoms with van der Waals surface area (Å²) < 4.78 is 18.3. The second-order valence-corrected chi connectivity index (χ2v) is 4.41. The van der Waals surface area contributed by atoms with Gasteiger partial charge in [-0.05, 0) is 41.1 Å². The second kappa shape index (κ2) is 5.13. The van der Waals surface area contributed by atoms with Gasteiger partial charge in [-0.2, -0.15) is 4.39 Å². The van der Waals surface area contributed by atoms with Crippen LogP contribution < -0.4 is 4.74 Å². The van der Waals surface area contributed by atoms with Crippen LogP contribution in [0.1, 0.15) is 10.4 Å². The van der Waals surface area contributed by atoms with E-state index < -0.39 is 6.04 Å². The number of hydrogen-bond acceptors (Lipinski definition) is 2. The molecule has 3 heteroatoms. The molecule has 3 rings (SSSR count). The zero-order chi connectivity index (χ0) is 13.9. The van der Waals surface area contributed by atoms with Gasteiger partial charge in [0.05, 0.1) is 5.56 Å². The van der Waals surface area contributed by atoms with Crippen molar-refractivity contribution in [1.29, 1.82) is 0 Å². The van der Waals surface area contributed by atoms with E-state index in [0.717, 1.165) is 10.8 Å². The average molecular weight is 266 g/mol. The number of rotatable bonds is 3. The van der Waals surface area contributed by atoms with E-state index in [1.165, 1.54) is 12.1 Å². The summed E-state index contributed by atoms with van der Waals surface area (Å²) in [6, 6.07) is 18.2. The SMILES string of the molecule is O=C(F)c1cccc(Oc2ccc3ccccc3c2)c1. The topological polar surface area (TPSA) is 26.3 Å². The monoisotopic (exact) mass is 266 g/mol. The maximum Gasteiger partial charge on any atom is 0.332 e. The lowest BCUT2D eigenvalue weighted by Crippen LogP contribution is -1.91. The number of carbonyl (C=O) groups excluding carboxylic acids is 1. The van der Waals surface area contributed by atoms with Crippen molar-refractivity contribution in [1.82, 2.24) is 0 Å². The van der Waals surface area contributed by atoms with E-state index in [1.54, 1.807) is 12.1 Å². The lowest BCUT2D eigenvalue weighted by Gasteiger charge is -2.07. The number of carbonyl (C=O) groups is 1. The summed E-state index contributed by atoms with van der Waals surface area (Å²) in [4.78, 5) is 10.7. The summed E-state index contributed by atoms with van der Waals surface area (Å²) in [5, 5.41) is 2.18. The smallest absolute Gasteiger partial charge is 0.332 e. The highest BCUT2D eigenvalue weighted by molar-refractivity contribution is 5.88. The molecule has 0 aliphatic heterocycles. The Balaban J connectivity index is 1.92. The van der Waals surface area contributed by atoms with Crippen LogP contribution in [-0.2, 0) is 0 Å². The van der Waals surface area contributed by atoms with Crippen molar-refractivity contribution in [3.8, 4) is 11.5 Å². The quantitative estimate of drug-likeness (QED) is 0.640. The molecule has 0 saturated carbocycles. The van der Waals surface area contributed by atoms with Gasteiger partial charge in [0, 0.05) is 0 Å². The first kappa shape index (κ1) is 12.4. The second-order valence-electron chi connectivity index (χ2n) is 4.41. The molecule has 0 aromatic heterocycles. The molecule has 0 heterocycles. The molecule has 20 heavy (non-hydrogen) atoms. The Kier molecular flexibility index (Phi) is 3.17. The first-order valence-electron chi connectivity index (χ1n) is 6.19. The van der Waals surface area contributed by atoms with E-state index in [2.05, 4.69) is 0 Å². The predicted molar refractivity (Wildman–Crippen MR) is 75.9 cm³/mol. The highest BCUT2D eigenvalue weighted by Gasteiger charge is 2.05. The molecule has 98 valence electrons. The van der Waals surface area contributed by atoms with Crippen LogP contribution in [0.3, 0.4) is 0 Å². The molecule has 0 N–H and O–H groups in total. The van der Waals surface area contributed by atoms with Crippen molar-refractivity contribution >= 4 is 16.8 Å². The maximum absolute atomic E-state index is 12.7. The van der Waals surface area contributed by atoms with E-state index in [1.807, 2.05) is 42.5 Å². The van der Waals surface area contributed by atoms with Crippen molar-refractivity contribution in [3.63, 3.8) is 0 Å². The van der Waals surface area contributed by atoms with Crippen LogP contribution in [0, 0.1) is 0 Å². The standard InChI is InChI=1S/C17H11FO2/c18-17(19)14-6-3-7-15(11-14)20-16-9-8-12-4-1-2-5-13(12)10-16/h1-11H. The minimum atomic E-state index is -1.46. The Hall–Kier alpha value is -2.68. The van der Waals surface area contributed by atoms with E-state index in [9.17, 15) is 9.18 Å². The lowest BCUT2D eigenvalue weighted by atomic mass is 10.1. The fourth-order valence-electron chi connectivity index (χ4n) is 2.05. The van der Waals surface area contributed by atoms with E-state index >= 15 is 0 Å². The summed E-state index contributed by atoms with van der Waals surface area (Å²) in [7, 11) is 0. The third-order valence-electron chi connectivity index (χ3n) is 3.02. The number of halogens is 1. The van der Waals surface area contributed by atoms with Crippen molar-refractivity contribution < 1.29 is 13.9 Å². The van der Waals surface area contributed by atoms with E-state index in [-0.39, 0.29) is 5.56 Å². The number of ether oxygens (including phenoxy) is 1. The van der Waals surface area contributed by atoms with Crippen LogP contribution in [0.2, 0.25) is 0 Å². The minimum Gasteiger partial charge on any atom is -0.457 e. The van der Waals surface area contributed by atoms with Crippen molar-refractivity contribution in [2.75, 3.05) is 0 Å². The zero-order valence-electron chi connectivity index (χ0n) is 10.5. The molecule has 0 atom stereocenters.